The zero-order valence-corrected chi connectivity index (χ0v) is 8.64. The van der Waals surface area contributed by atoms with E-state index >= 15 is 0 Å². The van der Waals surface area contributed by atoms with Gasteiger partial charge in [-0.05, 0) is 37.8 Å². The molecule has 0 amide bonds. The lowest BCUT2D eigenvalue weighted by molar-refractivity contribution is 1.13. The second-order valence-electron chi connectivity index (χ2n) is 2.91. The largest absolute Gasteiger partial charge is 0.145 e. The SMILES string of the molecule is CCc1sc(CC)c(C)c1C. The molecule has 0 aliphatic carbocycles. The Morgan fingerprint density at radius 1 is 0.909 bits per heavy atom. The molecule has 0 bridgehead atoms. The molecule has 0 atom stereocenters. The van der Waals surface area contributed by atoms with Crippen LogP contribution in [0.5, 0.6) is 0 Å². The van der Waals surface area contributed by atoms with Gasteiger partial charge in [0.25, 0.3) is 0 Å². The van der Waals surface area contributed by atoms with Crippen LogP contribution in [0.4, 0.5) is 0 Å². The van der Waals surface area contributed by atoms with Crippen molar-refractivity contribution in [1.29, 1.82) is 0 Å². The zero-order chi connectivity index (χ0) is 8.43. The molecular formula is C10H16S. The summed E-state index contributed by atoms with van der Waals surface area (Å²) in [6, 6.07) is 0. The summed E-state index contributed by atoms with van der Waals surface area (Å²) in [5.41, 5.74) is 3.05. The third-order valence-corrected chi connectivity index (χ3v) is 3.97. The van der Waals surface area contributed by atoms with Crippen molar-refractivity contribution in [2.24, 2.45) is 0 Å². The maximum absolute atomic E-state index is 2.24. The lowest BCUT2D eigenvalue weighted by Crippen LogP contribution is -1.80. The highest BCUT2D eigenvalue weighted by atomic mass is 32.1. The number of aryl methyl sites for hydroxylation is 2. The topological polar surface area (TPSA) is 0 Å². The number of hydrogen-bond acceptors (Lipinski definition) is 1. The fourth-order valence-electron chi connectivity index (χ4n) is 1.39. The molecule has 0 saturated carbocycles. The van der Waals surface area contributed by atoms with E-state index in [0.717, 1.165) is 0 Å². The molecule has 0 N–H and O–H groups in total. The predicted octanol–water partition coefficient (Wildman–Crippen LogP) is 3.49. The van der Waals surface area contributed by atoms with Crippen molar-refractivity contribution in [2.45, 2.75) is 40.5 Å². The normalized spacial score (nSPS) is 10.5. The maximum Gasteiger partial charge on any atom is 0.00773 e. The fourth-order valence-corrected chi connectivity index (χ4v) is 2.59. The van der Waals surface area contributed by atoms with E-state index < -0.39 is 0 Å². The van der Waals surface area contributed by atoms with E-state index in [-0.39, 0.29) is 0 Å². The molecule has 1 rings (SSSR count). The van der Waals surface area contributed by atoms with Gasteiger partial charge in [-0.1, -0.05) is 13.8 Å². The minimum atomic E-state index is 1.19. The molecule has 1 aromatic heterocycles. The summed E-state index contributed by atoms with van der Waals surface area (Å²) in [5, 5.41) is 0. The highest BCUT2D eigenvalue weighted by Crippen LogP contribution is 2.27. The van der Waals surface area contributed by atoms with Crippen LogP contribution in [-0.2, 0) is 12.8 Å². The van der Waals surface area contributed by atoms with Gasteiger partial charge in [0.1, 0.15) is 0 Å². The summed E-state index contributed by atoms with van der Waals surface area (Å²) in [7, 11) is 0. The van der Waals surface area contributed by atoms with Gasteiger partial charge in [0.05, 0.1) is 0 Å². The number of rotatable bonds is 2. The highest BCUT2D eigenvalue weighted by Gasteiger charge is 2.07. The van der Waals surface area contributed by atoms with Crippen LogP contribution < -0.4 is 0 Å². The molecule has 0 nitrogen and oxygen atoms in total. The van der Waals surface area contributed by atoms with Crippen molar-refractivity contribution in [3.8, 4) is 0 Å². The van der Waals surface area contributed by atoms with Crippen LogP contribution in [0.25, 0.3) is 0 Å². The Hall–Kier alpha value is -0.300. The molecule has 11 heavy (non-hydrogen) atoms. The van der Waals surface area contributed by atoms with Crippen molar-refractivity contribution in [3.63, 3.8) is 0 Å². The molecule has 1 heteroatoms. The van der Waals surface area contributed by atoms with E-state index in [0.29, 0.717) is 0 Å². The van der Waals surface area contributed by atoms with Crippen molar-refractivity contribution < 1.29 is 0 Å². The van der Waals surface area contributed by atoms with Crippen molar-refractivity contribution >= 4 is 11.3 Å². The average Bonchev–Trinajstić information content (AvgIpc) is 2.30. The minimum Gasteiger partial charge on any atom is -0.145 e. The molecule has 0 spiro atoms. The van der Waals surface area contributed by atoms with Gasteiger partial charge in [0.15, 0.2) is 0 Å². The lowest BCUT2D eigenvalue weighted by Gasteiger charge is -1.93. The van der Waals surface area contributed by atoms with Gasteiger partial charge < -0.3 is 0 Å². The van der Waals surface area contributed by atoms with E-state index in [4.69, 9.17) is 0 Å². The van der Waals surface area contributed by atoms with Gasteiger partial charge in [-0.2, -0.15) is 0 Å². The zero-order valence-electron chi connectivity index (χ0n) is 7.82. The van der Waals surface area contributed by atoms with E-state index in [2.05, 4.69) is 27.7 Å². The molecule has 1 heterocycles. The summed E-state index contributed by atoms with van der Waals surface area (Å²) < 4.78 is 0. The first-order valence-electron chi connectivity index (χ1n) is 4.28. The second-order valence-corrected chi connectivity index (χ2v) is 4.10. The monoisotopic (exact) mass is 168 g/mol. The molecule has 0 unspecified atom stereocenters. The predicted molar refractivity (Wildman–Crippen MR) is 52.5 cm³/mol. The summed E-state index contributed by atoms with van der Waals surface area (Å²) in [4.78, 5) is 3.14. The standard InChI is InChI=1S/C10H16S/c1-5-9-7(3)8(4)10(6-2)11-9/h5-6H2,1-4H3. The highest BCUT2D eigenvalue weighted by molar-refractivity contribution is 7.12. The van der Waals surface area contributed by atoms with E-state index in [1.165, 1.54) is 24.0 Å². The van der Waals surface area contributed by atoms with Gasteiger partial charge >= 0.3 is 0 Å². The first kappa shape index (κ1) is 8.79. The van der Waals surface area contributed by atoms with Crippen LogP contribution in [0.2, 0.25) is 0 Å². The molecule has 62 valence electrons. The second kappa shape index (κ2) is 3.40. The van der Waals surface area contributed by atoms with Crippen LogP contribution in [0.1, 0.15) is 34.7 Å². The first-order valence-corrected chi connectivity index (χ1v) is 5.10. The molecule has 1 aromatic rings. The first-order chi connectivity index (χ1) is 5.20. The molecule has 0 aliphatic heterocycles. The van der Waals surface area contributed by atoms with Crippen LogP contribution in [0, 0.1) is 13.8 Å². The molecule has 0 radical (unpaired) electrons. The van der Waals surface area contributed by atoms with Gasteiger partial charge in [-0.25, -0.2) is 0 Å². The lowest BCUT2D eigenvalue weighted by atomic mass is 10.1. The quantitative estimate of drug-likeness (QED) is 0.634. The van der Waals surface area contributed by atoms with Gasteiger partial charge in [0.2, 0.25) is 0 Å². The van der Waals surface area contributed by atoms with Crippen molar-refractivity contribution in [3.05, 3.63) is 20.9 Å². The summed E-state index contributed by atoms with van der Waals surface area (Å²) >= 11 is 1.99. The molecule has 0 aromatic carbocycles. The minimum absolute atomic E-state index is 1.19. The van der Waals surface area contributed by atoms with Crippen molar-refractivity contribution in [1.82, 2.24) is 0 Å². The number of thiophene rings is 1. The van der Waals surface area contributed by atoms with E-state index in [9.17, 15) is 0 Å². The van der Waals surface area contributed by atoms with Crippen LogP contribution in [0.15, 0.2) is 0 Å². The fraction of sp³-hybridized carbons (Fsp3) is 0.600. The molecular weight excluding hydrogens is 152 g/mol. The summed E-state index contributed by atoms with van der Waals surface area (Å²) in [5.74, 6) is 0. The Labute approximate surface area is 73.3 Å². The van der Waals surface area contributed by atoms with E-state index in [1.54, 1.807) is 9.75 Å². The van der Waals surface area contributed by atoms with Gasteiger partial charge in [-0.15, -0.1) is 11.3 Å². The summed E-state index contributed by atoms with van der Waals surface area (Å²) in [6.45, 7) is 8.95. The van der Waals surface area contributed by atoms with Crippen LogP contribution in [-0.4, -0.2) is 0 Å². The summed E-state index contributed by atoms with van der Waals surface area (Å²) in [6.07, 6.45) is 2.38. The van der Waals surface area contributed by atoms with Crippen LogP contribution >= 0.6 is 11.3 Å². The van der Waals surface area contributed by atoms with E-state index in [1.807, 2.05) is 11.3 Å². The van der Waals surface area contributed by atoms with Gasteiger partial charge in [0, 0.05) is 9.75 Å². The van der Waals surface area contributed by atoms with Crippen LogP contribution in [0.3, 0.4) is 0 Å². The Balaban J connectivity index is 3.12. The van der Waals surface area contributed by atoms with Gasteiger partial charge in [-0.3, -0.25) is 0 Å². The number of hydrogen-bond donors (Lipinski definition) is 0. The maximum atomic E-state index is 2.24. The van der Waals surface area contributed by atoms with Crippen molar-refractivity contribution in [2.75, 3.05) is 0 Å². The average molecular weight is 168 g/mol. The Bertz CT molecular complexity index is 221. The Morgan fingerprint density at radius 2 is 1.27 bits per heavy atom. The smallest absolute Gasteiger partial charge is 0.00773 e. The third-order valence-electron chi connectivity index (χ3n) is 2.29. The Morgan fingerprint density at radius 3 is 1.45 bits per heavy atom. The molecule has 0 aliphatic rings. The Kier molecular flexibility index (Phi) is 2.72. The molecule has 0 fully saturated rings. The molecule has 0 saturated heterocycles. The third kappa shape index (κ3) is 1.48.